The number of hydrogen-bond acceptors (Lipinski definition) is 7. The van der Waals surface area contributed by atoms with Crippen LogP contribution in [-0.2, 0) is 12.8 Å². The molecule has 0 radical (unpaired) electrons. The minimum atomic E-state index is -0.152. The van der Waals surface area contributed by atoms with E-state index < -0.39 is 0 Å². The lowest BCUT2D eigenvalue weighted by Gasteiger charge is -2.22. The minimum Gasteiger partial charge on any atom is -0.508 e. The number of fused-ring (bicyclic) bond motifs is 2. The number of hydrogen-bond donors (Lipinski definition) is 6. The highest BCUT2D eigenvalue weighted by Gasteiger charge is 2.16. The maximum atomic E-state index is 12.3. The van der Waals surface area contributed by atoms with E-state index in [1.165, 1.54) is 10.9 Å². The van der Waals surface area contributed by atoms with Gasteiger partial charge in [-0.05, 0) is 92.0 Å². The first kappa shape index (κ1) is 37.4. The Morgan fingerprint density at radius 1 is 0.878 bits per heavy atom. The van der Waals surface area contributed by atoms with E-state index in [2.05, 4.69) is 15.0 Å². The van der Waals surface area contributed by atoms with Crippen LogP contribution in [0.5, 0.6) is 17.2 Å². The maximum absolute atomic E-state index is 12.3. The fourth-order valence-corrected chi connectivity index (χ4v) is 6.02. The zero-order valence-electron chi connectivity index (χ0n) is 27.0. The van der Waals surface area contributed by atoms with E-state index in [0.29, 0.717) is 58.5 Å². The number of H-pyrrole nitrogens is 2. The topological polar surface area (TPSA) is 171 Å². The van der Waals surface area contributed by atoms with E-state index in [4.69, 9.17) is 51.0 Å². The van der Waals surface area contributed by atoms with E-state index in [1.54, 1.807) is 53.7 Å². The number of halogens is 3. The molecule has 11 nitrogen and oxygen atoms in total. The minimum absolute atomic E-state index is 0.152. The van der Waals surface area contributed by atoms with Crippen LogP contribution in [0.25, 0.3) is 21.8 Å². The molecule has 0 fully saturated rings. The summed E-state index contributed by atoms with van der Waals surface area (Å²) in [5.74, 6) is 0.958. The van der Waals surface area contributed by atoms with E-state index in [-0.39, 0.29) is 12.6 Å². The number of benzene rings is 3. The van der Waals surface area contributed by atoms with Gasteiger partial charge in [-0.3, -0.25) is 4.57 Å². The van der Waals surface area contributed by atoms with Crippen molar-refractivity contribution in [2.24, 2.45) is 11.5 Å². The van der Waals surface area contributed by atoms with Gasteiger partial charge in [0.1, 0.15) is 24.4 Å². The molecule has 0 spiro atoms. The third kappa shape index (κ3) is 10.3. The molecule has 0 aliphatic heterocycles. The number of carbonyl (C=O) groups excluding carboxylic acids is 1. The molecular formula is C35H40Cl3N7O4. The number of carbonyl (C=O) groups is 1. The number of aromatic hydroxyl groups is 2. The highest BCUT2D eigenvalue weighted by molar-refractivity contribution is 6.40. The summed E-state index contributed by atoms with van der Waals surface area (Å²) >= 11 is 18.0. The van der Waals surface area contributed by atoms with Gasteiger partial charge in [-0.15, -0.1) is 0 Å². The predicted molar refractivity (Wildman–Crippen MR) is 197 cm³/mol. The summed E-state index contributed by atoms with van der Waals surface area (Å²) in [5, 5.41) is 21.8. The van der Waals surface area contributed by atoms with Crippen LogP contribution in [0.2, 0.25) is 15.1 Å². The maximum Gasteiger partial charge on any atom is 0.329 e. The lowest BCUT2D eigenvalue weighted by atomic mass is 10.1. The van der Waals surface area contributed by atoms with Gasteiger partial charge in [-0.1, -0.05) is 41.7 Å². The second-order valence-corrected chi connectivity index (χ2v) is 12.2. The first-order chi connectivity index (χ1) is 23.6. The van der Waals surface area contributed by atoms with Crippen LogP contribution < -0.4 is 16.2 Å². The molecule has 3 aromatic heterocycles. The third-order valence-electron chi connectivity index (χ3n) is 7.39. The molecule has 1 amide bonds. The number of nitrogens with one attached hydrogen (secondary N) is 2. The van der Waals surface area contributed by atoms with E-state index in [0.717, 1.165) is 52.2 Å². The van der Waals surface area contributed by atoms with Gasteiger partial charge in [0.05, 0.1) is 16.6 Å². The largest absolute Gasteiger partial charge is 0.508 e. The van der Waals surface area contributed by atoms with Gasteiger partial charge in [0.15, 0.2) is 5.75 Å². The molecule has 6 aromatic rings. The van der Waals surface area contributed by atoms with Crippen LogP contribution in [0.1, 0.15) is 24.5 Å². The Hall–Kier alpha value is -4.39. The normalized spacial score (nSPS) is 10.7. The summed E-state index contributed by atoms with van der Waals surface area (Å²) in [6.07, 6.45) is 11.0. The zero-order valence-corrected chi connectivity index (χ0v) is 29.3. The molecule has 0 unspecified atom stereocenters. The molecule has 0 saturated carbocycles. The highest BCUT2D eigenvalue weighted by Crippen LogP contribution is 2.35. The SMILES string of the molecule is CCCN(CCOc1c(Cl)cc(Cl)cc1Cl)C(=O)n1ccnc1.NCCc1c[nH]c2ccc(O)cc12.NCCc1c[nH]c2ccc(O)cc12. The van der Waals surface area contributed by atoms with E-state index in [1.807, 2.05) is 31.5 Å². The molecule has 8 N–H and O–H groups in total. The number of ether oxygens (including phenoxy) is 1. The third-order valence-corrected chi connectivity index (χ3v) is 8.17. The predicted octanol–water partition coefficient (Wildman–Crippen LogP) is 7.35. The highest BCUT2D eigenvalue weighted by atomic mass is 35.5. The molecule has 3 heterocycles. The van der Waals surface area contributed by atoms with Crippen molar-refractivity contribution in [2.75, 3.05) is 32.8 Å². The van der Waals surface area contributed by atoms with E-state index >= 15 is 0 Å². The molecule has 3 aromatic carbocycles. The number of nitrogens with zero attached hydrogens (tertiary/aromatic N) is 3. The van der Waals surface area contributed by atoms with Crippen LogP contribution in [0.4, 0.5) is 4.79 Å². The molecule has 0 atom stereocenters. The summed E-state index contributed by atoms with van der Waals surface area (Å²) < 4.78 is 7.05. The van der Waals surface area contributed by atoms with Gasteiger partial charge in [-0.25, -0.2) is 9.78 Å². The van der Waals surface area contributed by atoms with Crippen molar-refractivity contribution in [1.29, 1.82) is 0 Å². The molecule has 6 rings (SSSR count). The number of amides is 1. The zero-order chi connectivity index (χ0) is 35.3. The summed E-state index contributed by atoms with van der Waals surface area (Å²) in [6, 6.07) is 13.6. The Kier molecular flexibility index (Phi) is 14.1. The van der Waals surface area contributed by atoms with Crippen LogP contribution in [-0.4, -0.2) is 73.4 Å². The van der Waals surface area contributed by atoms with Gasteiger partial charge >= 0.3 is 6.03 Å². The van der Waals surface area contributed by atoms with Crippen molar-refractivity contribution >= 4 is 62.6 Å². The van der Waals surface area contributed by atoms with Gasteiger partial charge in [-0.2, -0.15) is 0 Å². The summed E-state index contributed by atoms with van der Waals surface area (Å²) in [7, 11) is 0. The fraction of sp³-hybridized carbons (Fsp3) is 0.257. The van der Waals surface area contributed by atoms with Crippen molar-refractivity contribution in [3.05, 3.63) is 106 Å². The van der Waals surface area contributed by atoms with E-state index in [9.17, 15) is 15.0 Å². The van der Waals surface area contributed by atoms with Crippen molar-refractivity contribution in [3.63, 3.8) is 0 Å². The quantitative estimate of drug-likeness (QED) is 0.0856. The smallest absolute Gasteiger partial charge is 0.329 e. The standard InChI is InChI=1S/C15H16Cl3N3O2.2C10H12N2O/c1-2-4-20(15(22)21-5-3-19-10-21)6-7-23-14-12(17)8-11(16)9-13(14)18;2*11-4-3-7-6-12-10-2-1-8(13)5-9(7)10/h3,5,8-10H,2,4,6-7H2,1H3;2*1-2,5-6,12-13H,3-4,11H2. The molecule has 0 aliphatic rings. The number of nitrogens with two attached hydrogens (primary N) is 2. The number of phenols is 2. The van der Waals surface area contributed by atoms with Crippen LogP contribution in [0, 0.1) is 0 Å². The molecule has 0 bridgehead atoms. The Morgan fingerprint density at radius 3 is 1.90 bits per heavy atom. The van der Waals surface area contributed by atoms with Crippen LogP contribution >= 0.6 is 34.8 Å². The van der Waals surface area contributed by atoms with Crippen molar-refractivity contribution in [3.8, 4) is 17.2 Å². The molecule has 49 heavy (non-hydrogen) atoms. The average molecular weight is 729 g/mol. The molecular weight excluding hydrogens is 689 g/mol. The first-order valence-corrected chi connectivity index (χ1v) is 16.8. The molecule has 0 saturated heterocycles. The summed E-state index contributed by atoms with van der Waals surface area (Å²) in [6.45, 7) is 4.54. The average Bonchev–Trinajstić information content (AvgIpc) is 3.84. The van der Waals surface area contributed by atoms with Crippen molar-refractivity contribution in [1.82, 2.24) is 24.4 Å². The van der Waals surface area contributed by atoms with Gasteiger partial charge in [0.2, 0.25) is 0 Å². The van der Waals surface area contributed by atoms with Gasteiger partial charge in [0.25, 0.3) is 0 Å². The fourth-order valence-electron chi connectivity index (χ4n) is 5.09. The lowest BCUT2D eigenvalue weighted by molar-refractivity contribution is 0.184. The first-order valence-electron chi connectivity index (χ1n) is 15.7. The Morgan fingerprint density at radius 2 is 1.43 bits per heavy atom. The van der Waals surface area contributed by atoms with Crippen molar-refractivity contribution < 1.29 is 19.7 Å². The molecule has 260 valence electrons. The lowest BCUT2D eigenvalue weighted by Crippen LogP contribution is -2.37. The molecule has 0 aliphatic carbocycles. The Bertz CT molecular complexity index is 1840. The number of aromatic nitrogens is 4. The van der Waals surface area contributed by atoms with Crippen LogP contribution in [0.15, 0.2) is 79.6 Å². The second kappa shape index (κ2) is 18.4. The number of imidazole rings is 1. The number of phenolic OH excluding ortho intramolecular Hbond substituents is 2. The Balaban J connectivity index is 0.000000177. The van der Waals surface area contributed by atoms with Crippen molar-refractivity contribution in [2.45, 2.75) is 26.2 Å². The number of rotatable bonds is 10. The van der Waals surface area contributed by atoms with Gasteiger partial charge in [0, 0.05) is 58.2 Å². The number of aromatic amines is 2. The summed E-state index contributed by atoms with van der Waals surface area (Å²) in [4.78, 5) is 24.2. The second-order valence-electron chi connectivity index (χ2n) is 11.0. The van der Waals surface area contributed by atoms with Crippen LogP contribution in [0.3, 0.4) is 0 Å². The van der Waals surface area contributed by atoms with Gasteiger partial charge < -0.3 is 41.3 Å². The summed E-state index contributed by atoms with van der Waals surface area (Å²) in [5.41, 5.74) is 15.4. The molecule has 14 heteroatoms. The monoisotopic (exact) mass is 727 g/mol. The Labute approximate surface area is 299 Å².